The van der Waals surface area contributed by atoms with E-state index in [-0.39, 0.29) is 18.9 Å². The number of carbonyl (C=O) groups excluding carboxylic acids is 1. The van der Waals surface area contributed by atoms with Crippen molar-refractivity contribution in [1.82, 2.24) is 4.90 Å². The molecule has 0 aliphatic rings. The Bertz CT molecular complexity index is 179. The fraction of sp³-hybridized carbons (Fsp3) is 0.889. The maximum absolute atomic E-state index is 11.8. The van der Waals surface area contributed by atoms with Crippen molar-refractivity contribution < 1.29 is 18.0 Å². The summed E-state index contributed by atoms with van der Waals surface area (Å²) < 4.78 is 35.4. The predicted octanol–water partition coefficient (Wildman–Crippen LogP) is 2.24. The van der Waals surface area contributed by atoms with Gasteiger partial charge in [-0.3, -0.25) is 9.69 Å². The molecule has 0 rings (SSSR count). The molecular weight excluding hydrogens is 195 g/mol. The van der Waals surface area contributed by atoms with Gasteiger partial charge in [0.1, 0.15) is 5.78 Å². The molecule has 0 unspecified atom stereocenters. The second-order valence-electron chi connectivity index (χ2n) is 3.39. The fourth-order valence-electron chi connectivity index (χ4n) is 1.06. The van der Waals surface area contributed by atoms with Crippen LogP contribution in [0.4, 0.5) is 13.2 Å². The first-order valence-electron chi connectivity index (χ1n) is 4.62. The van der Waals surface area contributed by atoms with Gasteiger partial charge in [-0.1, -0.05) is 6.92 Å². The first-order valence-corrected chi connectivity index (χ1v) is 4.62. The Hall–Kier alpha value is -0.580. The Morgan fingerprint density at radius 3 is 2.36 bits per heavy atom. The predicted molar refractivity (Wildman–Crippen MR) is 48.1 cm³/mol. The second-order valence-corrected chi connectivity index (χ2v) is 3.39. The van der Waals surface area contributed by atoms with Crippen molar-refractivity contribution in [3.8, 4) is 0 Å². The van der Waals surface area contributed by atoms with Crippen LogP contribution in [0, 0.1) is 0 Å². The number of halogens is 3. The summed E-state index contributed by atoms with van der Waals surface area (Å²) in [6, 6.07) is 0. The highest BCUT2D eigenvalue weighted by Gasteiger charge is 2.27. The standard InChI is InChI=1S/C9H16F3NO/c1-3-4-8(14)7-13(2)6-5-9(10,11)12/h3-7H2,1-2H3. The molecule has 0 radical (unpaired) electrons. The number of carbonyl (C=O) groups is 1. The zero-order chi connectivity index (χ0) is 11.2. The van der Waals surface area contributed by atoms with Crippen molar-refractivity contribution in [2.45, 2.75) is 32.4 Å². The van der Waals surface area contributed by atoms with Crippen LogP contribution in [0.5, 0.6) is 0 Å². The van der Waals surface area contributed by atoms with Crippen molar-refractivity contribution in [3.05, 3.63) is 0 Å². The van der Waals surface area contributed by atoms with Gasteiger partial charge in [0.15, 0.2) is 0 Å². The molecule has 0 atom stereocenters. The molecule has 0 fully saturated rings. The highest BCUT2D eigenvalue weighted by Crippen LogP contribution is 2.19. The third kappa shape index (κ3) is 8.04. The van der Waals surface area contributed by atoms with Crippen LogP contribution in [0.2, 0.25) is 0 Å². The molecule has 0 aromatic carbocycles. The number of alkyl halides is 3. The second kappa shape index (κ2) is 6.01. The zero-order valence-electron chi connectivity index (χ0n) is 8.52. The molecule has 0 N–H and O–H groups in total. The van der Waals surface area contributed by atoms with Crippen molar-refractivity contribution in [1.29, 1.82) is 0 Å². The summed E-state index contributed by atoms with van der Waals surface area (Å²) >= 11 is 0. The molecule has 2 nitrogen and oxygen atoms in total. The molecule has 0 saturated carbocycles. The molecule has 0 aromatic heterocycles. The minimum Gasteiger partial charge on any atom is -0.299 e. The van der Waals surface area contributed by atoms with Gasteiger partial charge >= 0.3 is 6.18 Å². The summed E-state index contributed by atoms with van der Waals surface area (Å²) in [6.07, 6.45) is -3.81. The number of Topliss-reactive ketones (excluding diaryl/α,β-unsaturated/α-hetero) is 1. The molecule has 0 heterocycles. The molecule has 84 valence electrons. The lowest BCUT2D eigenvalue weighted by molar-refractivity contribution is -0.138. The van der Waals surface area contributed by atoms with E-state index in [4.69, 9.17) is 0 Å². The SMILES string of the molecule is CCCC(=O)CN(C)CCC(F)(F)F. The normalized spacial score (nSPS) is 12.1. The van der Waals surface area contributed by atoms with Gasteiger partial charge < -0.3 is 0 Å². The van der Waals surface area contributed by atoms with Crippen LogP contribution in [-0.4, -0.2) is 37.0 Å². The van der Waals surface area contributed by atoms with Crippen molar-refractivity contribution in [3.63, 3.8) is 0 Å². The average Bonchev–Trinajstić information content (AvgIpc) is 2.00. The monoisotopic (exact) mass is 211 g/mol. The molecule has 0 aromatic rings. The first-order chi connectivity index (χ1) is 6.35. The van der Waals surface area contributed by atoms with Crippen molar-refractivity contribution in [2.75, 3.05) is 20.1 Å². The average molecular weight is 211 g/mol. The van der Waals surface area contributed by atoms with E-state index in [2.05, 4.69) is 0 Å². The van der Waals surface area contributed by atoms with Gasteiger partial charge in [0, 0.05) is 13.0 Å². The van der Waals surface area contributed by atoms with Crippen LogP contribution < -0.4 is 0 Å². The van der Waals surface area contributed by atoms with Gasteiger partial charge in [-0.25, -0.2) is 0 Å². The number of likely N-dealkylation sites (N-methyl/N-ethyl adjacent to an activating group) is 1. The Balaban J connectivity index is 3.65. The molecule has 0 saturated heterocycles. The minimum atomic E-state index is -4.14. The quantitative estimate of drug-likeness (QED) is 0.671. The lowest BCUT2D eigenvalue weighted by Gasteiger charge is -2.16. The maximum atomic E-state index is 11.8. The summed E-state index contributed by atoms with van der Waals surface area (Å²) in [5.41, 5.74) is 0. The van der Waals surface area contributed by atoms with Crippen LogP contribution in [0.3, 0.4) is 0 Å². The first kappa shape index (κ1) is 13.4. The summed E-state index contributed by atoms with van der Waals surface area (Å²) in [5.74, 6) is -0.00262. The maximum Gasteiger partial charge on any atom is 0.390 e. The van der Waals surface area contributed by atoms with Crippen LogP contribution >= 0.6 is 0 Å². The molecule has 0 amide bonds. The molecular formula is C9H16F3NO. The largest absolute Gasteiger partial charge is 0.390 e. The van der Waals surface area contributed by atoms with Gasteiger partial charge in [0.25, 0.3) is 0 Å². The van der Waals surface area contributed by atoms with E-state index in [1.807, 2.05) is 6.92 Å². The summed E-state index contributed by atoms with van der Waals surface area (Å²) in [4.78, 5) is 12.5. The molecule has 0 spiro atoms. The Kier molecular flexibility index (Phi) is 5.76. The smallest absolute Gasteiger partial charge is 0.299 e. The molecule has 0 bridgehead atoms. The van der Waals surface area contributed by atoms with Crippen molar-refractivity contribution in [2.24, 2.45) is 0 Å². The number of nitrogens with zero attached hydrogens (tertiary/aromatic N) is 1. The third-order valence-corrected chi connectivity index (χ3v) is 1.75. The summed E-state index contributed by atoms with van der Waals surface area (Å²) in [5, 5.41) is 0. The van der Waals surface area contributed by atoms with E-state index in [1.54, 1.807) is 0 Å². The van der Waals surface area contributed by atoms with Crippen LogP contribution in [-0.2, 0) is 4.79 Å². The number of ketones is 1. The van der Waals surface area contributed by atoms with E-state index >= 15 is 0 Å². The van der Waals surface area contributed by atoms with E-state index < -0.39 is 12.6 Å². The van der Waals surface area contributed by atoms with Gasteiger partial charge in [0.05, 0.1) is 13.0 Å². The van der Waals surface area contributed by atoms with Gasteiger partial charge in [-0.15, -0.1) is 0 Å². The van der Waals surface area contributed by atoms with Crippen LogP contribution in [0.25, 0.3) is 0 Å². The topological polar surface area (TPSA) is 20.3 Å². The highest BCUT2D eigenvalue weighted by molar-refractivity contribution is 5.80. The Labute approximate surface area is 82.1 Å². The zero-order valence-corrected chi connectivity index (χ0v) is 8.52. The summed E-state index contributed by atoms with van der Waals surface area (Å²) in [6.45, 7) is 1.87. The highest BCUT2D eigenvalue weighted by atomic mass is 19.4. The molecule has 14 heavy (non-hydrogen) atoms. The van der Waals surface area contributed by atoms with E-state index in [0.29, 0.717) is 6.42 Å². The molecule has 0 aliphatic heterocycles. The lowest BCUT2D eigenvalue weighted by Crippen LogP contribution is -2.29. The van der Waals surface area contributed by atoms with Gasteiger partial charge in [0.2, 0.25) is 0 Å². The van der Waals surface area contributed by atoms with Crippen LogP contribution in [0.1, 0.15) is 26.2 Å². The fourth-order valence-corrected chi connectivity index (χ4v) is 1.06. The minimum absolute atomic E-state index is 0.00262. The van der Waals surface area contributed by atoms with E-state index in [9.17, 15) is 18.0 Å². The third-order valence-electron chi connectivity index (χ3n) is 1.75. The lowest BCUT2D eigenvalue weighted by atomic mass is 10.2. The number of rotatable bonds is 6. The molecule has 0 aliphatic carbocycles. The van der Waals surface area contributed by atoms with E-state index in [1.165, 1.54) is 11.9 Å². The van der Waals surface area contributed by atoms with Crippen LogP contribution in [0.15, 0.2) is 0 Å². The Morgan fingerprint density at radius 1 is 1.36 bits per heavy atom. The number of hydrogen-bond donors (Lipinski definition) is 0. The number of hydrogen-bond acceptors (Lipinski definition) is 2. The summed E-state index contributed by atoms with van der Waals surface area (Å²) in [7, 11) is 1.53. The molecule has 5 heteroatoms. The van der Waals surface area contributed by atoms with Gasteiger partial charge in [-0.2, -0.15) is 13.2 Å². The Morgan fingerprint density at radius 2 is 1.93 bits per heavy atom. The van der Waals surface area contributed by atoms with E-state index in [0.717, 1.165) is 6.42 Å². The van der Waals surface area contributed by atoms with Crippen molar-refractivity contribution >= 4 is 5.78 Å². The van der Waals surface area contributed by atoms with Gasteiger partial charge in [-0.05, 0) is 13.5 Å².